The fourth-order valence-corrected chi connectivity index (χ4v) is 4.40. The van der Waals surface area contributed by atoms with E-state index in [0.717, 1.165) is 11.3 Å². The van der Waals surface area contributed by atoms with Gasteiger partial charge in [-0.2, -0.15) is 5.10 Å². The zero-order valence-electron chi connectivity index (χ0n) is 19.2. The number of ether oxygens (including phenoxy) is 3. The molecule has 0 saturated carbocycles. The van der Waals surface area contributed by atoms with Crippen LogP contribution in [-0.2, 0) is 6.42 Å². The van der Waals surface area contributed by atoms with Crippen molar-refractivity contribution in [1.29, 1.82) is 0 Å². The molecule has 10 heteroatoms. The van der Waals surface area contributed by atoms with Gasteiger partial charge in [-0.25, -0.2) is 14.5 Å². The Labute approximate surface area is 200 Å². The van der Waals surface area contributed by atoms with E-state index in [1.165, 1.54) is 24.5 Å². The van der Waals surface area contributed by atoms with Gasteiger partial charge in [0.05, 0.1) is 49.2 Å². The fourth-order valence-electron chi connectivity index (χ4n) is 3.56. The van der Waals surface area contributed by atoms with Crippen LogP contribution >= 0.6 is 11.3 Å². The Morgan fingerprint density at radius 1 is 1.12 bits per heavy atom. The minimum absolute atomic E-state index is 0.0628. The van der Waals surface area contributed by atoms with Crippen molar-refractivity contribution in [3.8, 4) is 33.6 Å². The largest absolute Gasteiger partial charge is 0.497 e. The molecule has 0 saturated heterocycles. The first-order valence-corrected chi connectivity index (χ1v) is 11.3. The van der Waals surface area contributed by atoms with E-state index in [2.05, 4.69) is 10.3 Å². The molecule has 4 rings (SSSR count). The van der Waals surface area contributed by atoms with E-state index in [9.17, 15) is 9.90 Å². The lowest BCUT2D eigenvalue weighted by Gasteiger charge is -2.16. The summed E-state index contributed by atoms with van der Waals surface area (Å²) in [5.74, 6) is 1.03. The molecule has 4 aromatic rings. The van der Waals surface area contributed by atoms with E-state index < -0.39 is 5.97 Å². The fraction of sp³-hybridized carbons (Fsp3) is 0.208. The minimum Gasteiger partial charge on any atom is -0.497 e. The molecule has 2 aromatic carbocycles. The van der Waals surface area contributed by atoms with Crippen LogP contribution in [0.15, 0.2) is 47.8 Å². The van der Waals surface area contributed by atoms with Crippen molar-refractivity contribution in [2.45, 2.75) is 13.3 Å². The third-order valence-corrected chi connectivity index (χ3v) is 6.06. The maximum Gasteiger partial charge on any atom is 0.337 e. The number of carboxylic acid groups (broad SMARTS) is 1. The highest BCUT2D eigenvalue weighted by molar-refractivity contribution is 7.13. The first kappa shape index (κ1) is 23.1. The summed E-state index contributed by atoms with van der Waals surface area (Å²) in [7, 11) is 4.65. The number of hydrogen-bond donors (Lipinski definition) is 2. The van der Waals surface area contributed by atoms with Gasteiger partial charge < -0.3 is 24.6 Å². The Morgan fingerprint density at radius 3 is 2.56 bits per heavy atom. The predicted molar refractivity (Wildman–Crippen MR) is 130 cm³/mol. The molecule has 0 unspecified atom stereocenters. The Morgan fingerprint density at radius 2 is 1.91 bits per heavy atom. The number of thiazole rings is 1. The number of carbonyl (C=O) groups is 1. The molecule has 0 aliphatic heterocycles. The van der Waals surface area contributed by atoms with Gasteiger partial charge in [-0.05, 0) is 36.8 Å². The van der Waals surface area contributed by atoms with Gasteiger partial charge in [0.15, 0.2) is 0 Å². The number of benzene rings is 2. The summed E-state index contributed by atoms with van der Waals surface area (Å²) in [4.78, 5) is 16.6. The van der Waals surface area contributed by atoms with E-state index in [-0.39, 0.29) is 5.56 Å². The smallest absolute Gasteiger partial charge is 0.337 e. The number of aromatic carboxylic acids is 1. The molecule has 0 radical (unpaired) electrons. The summed E-state index contributed by atoms with van der Waals surface area (Å²) in [5.41, 5.74) is 2.69. The average Bonchev–Trinajstić information content (AvgIpc) is 3.48. The maximum atomic E-state index is 12.0. The number of rotatable bonds is 9. The second-order valence-electron chi connectivity index (χ2n) is 7.14. The molecule has 2 N–H and O–H groups in total. The van der Waals surface area contributed by atoms with Gasteiger partial charge >= 0.3 is 5.97 Å². The first-order chi connectivity index (χ1) is 16.5. The van der Waals surface area contributed by atoms with Crippen LogP contribution in [0.2, 0.25) is 0 Å². The monoisotopic (exact) mass is 480 g/mol. The van der Waals surface area contributed by atoms with Gasteiger partial charge in [0.1, 0.15) is 28.0 Å². The Balaban J connectivity index is 1.97. The van der Waals surface area contributed by atoms with Gasteiger partial charge in [0.25, 0.3) is 0 Å². The van der Waals surface area contributed by atoms with Crippen molar-refractivity contribution >= 4 is 28.8 Å². The summed E-state index contributed by atoms with van der Waals surface area (Å²) >= 11 is 1.42. The molecule has 34 heavy (non-hydrogen) atoms. The molecule has 0 aliphatic rings. The Bertz CT molecular complexity index is 1330. The van der Waals surface area contributed by atoms with E-state index in [4.69, 9.17) is 19.3 Å². The number of nitrogens with one attached hydrogen (secondary N) is 1. The van der Waals surface area contributed by atoms with Crippen molar-refractivity contribution in [2.75, 3.05) is 26.6 Å². The maximum absolute atomic E-state index is 12.0. The lowest BCUT2D eigenvalue weighted by Crippen LogP contribution is -2.08. The normalized spacial score (nSPS) is 10.7. The van der Waals surface area contributed by atoms with Crippen LogP contribution in [0.5, 0.6) is 17.4 Å². The van der Waals surface area contributed by atoms with Gasteiger partial charge in [0, 0.05) is 0 Å². The van der Waals surface area contributed by atoms with Crippen LogP contribution in [0.1, 0.15) is 23.0 Å². The molecule has 0 spiro atoms. The van der Waals surface area contributed by atoms with E-state index >= 15 is 0 Å². The molecular formula is C24H24N4O5S. The number of hydrogen-bond acceptors (Lipinski definition) is 8. The molecule has 0 atom stereocenters. The molecule has 0 aliphatic carbocycles. The van der Waals surface area contributed by atoms with Crippen molar-refractivity contribution in [2.24, 2.45) is 0 Å². The highest BCUT2D eigenvalue weighted by Gasteiger charge is 2.25. The van der Waals surface area contributed by atoms with Crippen LogP contribution < -0.4 is 19.5 Å². The first-order valence-electron chi connectivity index (χ1n) is 10.4. The number of anilines is 2. The van der Waals surface area contributed by atoms with Gasteiger partial charge in [-0.3, -0.25) is 0 Å². The van der Waals surface area contributed by atoms with Crippen molar-refractivity contribution in [1.82, 2.24) is 14.8 Å². The second-order valence-corrected chi connectivity index (χ2v) is 8.00. The van der Waals surface area contributed by atoms with Crippen LogP contribution in [0.25, 0.3) is 16.3 Å². The summed E-state index contributed by atoms with van der Waals surface area (Å²) in [6, 6.07) is 12.3. The van der Waals surface area contributed by atoms with Gasteiger partial charge in [0.2, 0.25) is 5.88 Å². The molecule has 0 bridgehead atoms. The van der Waals surface area contributed by atoms with Gasteiger partial charge in [-0.1, -0.05) is 19.1 Å². The number of nitrogens with zero attached hydrogens (tertiary/aromatic N) is 3. The van der Waals surface area contributed by atoms with Crippen molar-refractivity contribution < 1.29 is 24.1 Å². The number of aryl methyl sites for hydroxylation is 1. The standard InChI is InChI=1S/C24H24N4O5S/c1-5-16-21(23-26-20(33-4)13-34-23)22(28(27-16)18-8-6-7-9-19(18)32-3)25-17-11-10-14(31-2)12-15(17)24(29)30/h6-13,25H,5H2,1-4H3,(H,29,30). The molecule has 9 nitrogen and oxygen atoms in total. The van der Waals surface area contributed by atoms with Gasteiger partial charge in [-0.15, -0.1) is 11.3 Å². The molecule has 0 fully saturated rings. The average molecular weight is 481 g/mol. The Kier molecular flexibility index (Phi) is 6.69. The lowest BCUT2D eigenvalue weighted by molar-refractivity contribution is 0.0697. The molecular weight excluding hydrogens is 456 g/mol. The Hall–Kier alpha value is -4.05. The molecule has 176 valence electrons. The summed E-state index contributed by atoms with van der Waals surface area (Å²) in [5, 5.41) is 20.5. The minimum atomic E-state index is -1.09. The second kappa shape index (κ2) is 9.84. The summed E-state index contributed by atoms with van der Waals surface area (Å²) in [6.45, 7) is 2.00. The highest BCUT2D eigenvalue weighted by atomic mass is 32.1. The van der Waals surface area contributed by atoms with E-state index in [0.29, 0.717) is 46.0 Å². The van der Waals surface area contributed by atoms with Crippen LogP contribution in [-0.4, -0.2) is 47.2 Å². The summed E-state index contributed by atoms with van der Waals surface area (Å²) < 4.78 is 17.8. The van der Waals surface area contributed by atoms with Crippen molar-refractivity contribution in [3.63, 3.8) is 0 Å². The molecule has 2 aromatic heterocycles. The number of para-hydroxylation sites is 2. The third-order valence-electron chi connectivity index (χ3n) is 5.22. The third kappa shape index (κ3) is 4.27. The van der Waals surface area contributed by atoms with E-state index in [1.54, 1.807) is 31.0 Å². The number of methoxy groups -OCH3 is 3. The van der Waals surface area contributed by atoms with Crippen LogP contribution in [0.4, 0.5) is 11.5 Å². The zero-order chi connectivity index (χ0) is 24.2. The summed E-state index contributed by atoms with van der Waals surface area (Å²) in [6.07, 6.45) is 0.627. The number of aromatic nitrogens is 3. The zero-order valence-corrected chi connectivity index (χ0v) is 20.0. The number of carboxylic acids is 1. The van der Waals surface area contributed by atoms with Crippen LogP contribution in [0.3, 0.4) is 0 Å². The van der Waals surface area contributed by atoms with E-state index in [1.807, 2.05) is 36.6 Å². The quantitative estimate of drug-likeness (QED) is 0.344. The topological polar surface area (TPSA) is 108 Å². The SMILES string of the molecule is CCc1nn(-c2ccccc2OC)c(Nc2ccc(OC)cc2C(=O)O)c1-c1nc(OC)cs1. The molecule has 0 amide bonds. The van der Waals surface area contributed by atoms with Crippen LogP contribution in [0, 0.1) is 0 Å². The molecule has 2 heterocycles. The highest BCUT2D eigenvalue weighted by Crippen LogP contribution is 2.40. The van der Waals surface area contributed by atoms with Crippen molar-refractivity contribution in [3.05, 3.63) is 59.1 Å². The lowest BCUT2D eigenvalue weighted by atomic mass is 10.1. The predicted octanol–water partition coefficient (Wildman–Crippen LogP) is 5.03.